The SMILES string of the molecule is OC(CCl)CSC1CCOCC1. The van der Waals surface area contributed by atoms with Crippen molar-refractivity contribution >= 4 is 23.4 Å². The zero-order valence-corrected chi connectivity index (χ0v) is 8.61. The molecular weight excluding hydrogens is 196 g/mol. The minimum Gasteiger partial charge on any atom is -0.391 e. The molecule has 0 saturated carbocycles. The van der Waals surface area contributed by atoms with E-state index in [0.29, 0.717) is 11.1 Å². The fourth-order valence-corrected chi connectivity index (χ4v) is 2.51. The van der Waals surface area contributed by atoms with Gasteiger partial charge in [0.2, 0.25) is 0 Å². The van der Waals surface area contributed by atoms with E-state index < -0.39 is 0 Å². The largest absolute Gasteiger partial charge is 0.391 e. The van der Waals surface area contributed by atoms with Gasteiger partial charge in [0, 0.05) is 30.1 Å². The fraction of sp³-hybridized carbons (Fsp3) is 1.00. The van der Waals surface area contributed by atoms with Crippen LogP contribution in [0.2, 0.25) is 0 Å². The van der Waals surface area contributed by atoms with Crippen LogP contribution >= 0.6 is 23.4 Å². The Morgan fingerprint density at radius 1 is 1.50 bits per heavy atom. The smallest absolute Gasteiger partial charge is 0.0765 e. The molecule has 1 rings (SSSR count). The number of rotatable bonds is 4. The molecule has 12 heavy (non-hydrogen) atoms. The summed E-state index contributed by atoms with van der Waals surface area (Å²) >= 11 is 7.30. The molecule has 1 fully saturated rings. The van der Waals surface area contributed by atoms with Crippen LogP contribution in [-0.4, -0.2) is 41.3 Å². The van der Waals surface area contributed by atoms with E-state index in [1.165, 1.54) is 0 Å². The topological polar surface area (TPSA) is 29.5 Å². The molecule has 1 saturated heterocycles. The van der Waals surface area contributed by atoms with Crippen molar-refractivity contribution in [3.8, 4) is 0 Å². The number of hydrogen-bond donors (Lipinski definition) is 1. The van der Waals surface area contributed by atoms with E-state index >= 15 is 0 Å². The Labute approximate surface area is 82.6 Å². The average molecular weight is 211 g/mol. The third-order valence-electron chi connectivity index (χ3n) is 1.87. The molecule has 1 N–H and O–H groups in total. The van der Waals surface area contributed by atoms with E-state index in [-0.39, 0.29) is 6.10 Å². The predicted octanol–water partition coefficient (Wildman–Crippen LogP) is 1.50. The highest BCUT2D eigenvalue weighted by molar-refractivity contribution is 7.99. The Bertz CT molecular complexity index is 118. The maximum atomic E-state index is 9.20. The van der Waals surface area contributed by atoms with Crippen molar-refractivity contribution in [2.24, 2.45) is 0 Å². The lowest BCUT2D eigenvalue weighted by atomic mass is 10.2. The molecule has 2 nitrogen and oxygen atoms in total. The predicted molar refractivity (Wildman–Crippen MR) is 53.0 cm³/mol. The summed E-state index contributed by atoms with van der Waals surface area (Å²) in [6, 6.07) is 0. The van der Waals surface area contributed by atoms with E-state index in [4.69, 9.17) is 16.3 Å². The van der Waals surface area contributed by atoms with Crippen LogP contribution in [0.15, 0.2) is 0 Å². The van der Waals surface area contributed by atoms with Crippen molar-refractivity contribution in [1.29, 1.82) is 0 Å². The van der Waals surface area contributed by atoms with Crippen LogP contribution < -0.4 is 0 Å². The zero-order chi connectivity index (χ0) is 8.81. The first-order valence-electron chi connectivity index (χ1n) is 4.26. The summed E-state index contributed by atoms with van der Waals surface area (Å²) in [5, 5.41) is 9.87. The molecule has 0 aromatic rings. The van der Waals surface area contributed by atoms with Crippen molar-refractivity contribution in [1.82, 2.24) is 0 Å². The molecule has 0 aromatic carbocycles. The molecule has 0 aliphatic carbocycles. The van der Waals surface area contributed by atoms with Crippen LogP contribution in [0.5, 0.6) is 0 Å². The maximum Gasteiger partial charge on any atom is 0.0765 e. The number of halogens is 1. The summed E-state index contributed by atoms with van der Waals surface area (Å²) in [6.45, 7) is 1.74. The lowest BCUT2D eigenvalue weighted by Crippen LogP contribution is -2.21. The van der Waals surface area contributed by atoms with Gasteiger partial charge in [0.25, 0.3) is 0 Å². The van der Waals surface area contributed by atoms with Gasteiger partial charge in [-0.05, 0) is 12.8 Å². The number of aliphatic hydroxyl groups is 1. The van der Waals surface area contributed by atoms with Gasteiger partial charge in [0.1, 0.15) is 0 Å². The van der Waals surface area contributed by atoms with Gasteiger partial charge >= 0.3 is 0 Å². The fourth-order valence-electron chi connectivity index (χ4n) is 1.13. The van der Waals surface area contributed by atoms with Crippen molar-refractivity contribution in [2.75, 3.05) is 24.8 Å². The highest BCUT2D eigenvalue weighted by Crippen LogP contribution is 2.22. The van der Waals surface area contributed by atoms with Crippen LogP contribution in [0.1, 0.15) is 12.8 Å². The Morgan fingerprint density at radius 3 is 2.75 bits per heavy atom. The third kappa shape index (κ3) is 3.99. The molecule has 0 bridgehead atoms. The second kappa shape index (κ2) is 6.08. The highest BCUT2D eigenvalue weighted by atomic mass is 35.5. The summed E-state index contributed by atoms with van der Waals surface area (Å²) in [6.07, 6.45) is 1.87. The summed E-state index contributed by atoms with van der Waals surface area (Å²) < 4.78 is 5.23. The molecular formula is C8H15ClO2S. The molecule has 1 aliphatic rings. The Balaban J connectivity index is 2.05. The standard InChI is InChI=1S/C8H15ClO2S/c9-5-7(10)6-12-8-1-3-11-4-2-8/h7-8,10H,1-6H2. The second-order valence-corrected chi connectivity index (χ2v) is 4.60. The normalized spacial score (nSPS) is 22.5. The molecule has 0 spiro atoms. The average Bonchev–Trinajstić information content (AvgIpc) is 2.16. The van der Waals surface area contributed by atoms with Gasteiger partial charge in [0.05, 0.1) is 6.10 Å². The lowest BCUT2D eigenvalue weighted by molar-refractivity contribution is 0.0998. The molecule has 4 heteroatoms. The van der Waals surface area contributed by atoms with E-state index in [1.54, 1.807) is 0 Å². The molecule has 0 aromatic heterocycles. The first kappa shape index (κ1) is 10.6. The first-order valence-corrected chi connectivity index (χ1v) is 5.84. The van der Waals surface area contributed by atoms with Gasteiger partial charge in [-0.25, -0.2) is 0 Å². The van der Waals surface area contributed by atoms with Gasteiger partial charge < -0.3 is 9.84 Å². The van der Waals surface area contributed by atoms with Crippen molar-refractivity contribution < 1.29 is 9.84 Å². The summed E-state index contributed by atoms with van der Waals surface area (Å²) in [5.41, 5.74) is 0. The van der Waals surface area contributed by atoms with Crippen LogP contribution in [0.3, 0.4) is 0 Å². The summed E-state index contributed by atoms with van der Waals surface area (Å²) in [7, 11) is 0. The van der Waals surface area contributed by atoms with E-state index in [1.807, 2.05) is 11.8 Å². The maximum absolute atomic E-state index is 9.20. The zero-order valence-electron chi connectivity index (χ0n) is 7.04. The number of aliphatic hydroxyl groups excluding tert-OH is 1. The summed E-state index contributed by atoms with van der Waals surface area (Å²) in [5.74, 6) is 1.10. The van der Waals surface area contributed by atoms with E-state index in [2.05, 4.69) is 0 Å². The van der Waals surface area contributed by atoms with Crippen molar-refractivity contribution in [3.05, 3.63) is 0 Å². The Kier molecular flexibility index (Phi) is 5.39. The quantitative estimate of drug-likeness (QED) is 0.714. The van der Waals surface area contributed by atoms with Gasteiger partial charge in [0.15, 0.2) is 0 Å². The van der Waals surface area contributed by atoms with Crippen LogP contribution in [-0.2, 0) is 4.74 Å². The highest BCUT2D eigenvalue weighted by Gasteiger charge is 2.15. The van der Waals surface area contributed by atoms with Gasteiger partial charge in [-0.15, -0.1) is 11.6 Å². The summed E-state index contributed by atoms with van der Waals surface area (Å²) in [4.78, 5) is 0. The monoisotopic (exact) mass is 210 g/mol. The number of ether oxygens (including phenoxy) is 1. The van der Waals surface area contributed by atoms with E-state index in [9.17, 15) is 5.11 Å². The van der Waals surface area contributed by atoms with E-state index in [0.717, 1.165) is 31.8 Å². The molecule has 0 radical (unpaired) electrons. The molecule has 1 heterocycles. The lowest BCUT2D eigenvalue weighted by Gasteiger charge is -2.22. The van der Waals surface area contributed by atoms with Crippen LogP contribution in [0.4, 0.5) is 0 Å². The first-order chi connectivity index (χ1) is 5.83. The molecule has 1 aliphatic heterocycles. The van der Waals surface area contributed by atoms with Gasteiger partial charge in [-0.1, -0.05) is 0 Å². The Morgan fingerprint density at radius 2 is 2.17 bits per heavy atom. The Hall–Kier alpha value is 0.560. The second-order valence-electron chi connectivity index (χ2n) is 2.95. The van der Waals surface area contributed by atoms with Crippen LogP contribution in [0.25, 0.3) is 0 Å². The molecule has 1 atom stereocenters. The molecule has 72 valence electrons. The van der Waals surface area contributed by atoms with Gasteiger partial charge in [-0.3, -0.25) is 0 Å². The van der Waals surface area contributed by atoms with Gasteiger partial charge in [-0.2, -0.15) is 11.8 Å². The number of alkyl halides is 1. The number of thioether (sulfide) groups is 1. The molecule has 1 unspecified atom stereocenters. The minimum absolute atomic E-state index is 0.343. The molecule has 0 amide bonds. The van der Waals surface area contributed by atoms with Crippen molar-refractivity contribution in [2.45, 2.75) is 24.2 Å². The minimum atomic E-state index is -0.348. The van der Waals surface area contributed by atoms with Crippen molar-refractivity contribution in [3.63, 3.8) is 0 Å². The van der Waals surface area contributed by atoms with Crippen LogP contribution in [0, 0.1) is 0 Å². The number of hydrogen-bond acceptors (Lipinski definition) is 3. The third-order valence-corrected chi connectivity index (χ3v) is 3.75.